The maximum absolute atomic E-state index is 5.46. The third-order valence-electron chi connectivity index (χ3n) is 3.60. The molecule has 1 unspecified atom stereocenters. The highest BCUT2D eigenvalue weighted by atomic mass is 16.5. The minimum absolute atomic E-state index is 0.482. The molecule has 0 radical (unpaired) electrons. The van der Waals surface area contributed by atoms with Crippen LogP contribution in [0.4, 0.5) is 5.69 Å². The standard InChI is InChI=1S/C16H17NO/c1-18-16-9-5-3-7-14(16)13-10-12-6-2-4-8-15(12)17-11-13/h2-9,13,17H,10-11H2,1H3. The molecule has 2 heteroatoms. The summed E-state index contributed by atoms with van der Waals surface area (Å²) < 4.78 is 5.46. The van der Waals surface area contributed by atoms with E-state index < -0.39 is 0 Å². The highest BCUT2D eigenvalue weighted by molar-refractivity contribution is 5.55. The van der Waals surface area contributed by atoms with Crippen molar-refractivity contribution in [2.45, 2.75) is 12.3 Å². The van der Waals surface area contributed by atoms with Crippen molar-refractivity contribution in [2.24, 2.45) is 0 Å². The van der Waals surface area contributed by atoms with Gasteiger partial charge in [0, 0.05) is 18.2 Å². The quantitative estimate of drug-likeness (QED) is 0.866. The molecule has 0 fully saturated rings. The summed E-state index contributed by atoms with van der Waals surface area (Å²) >= 11 is 0. The van der Waals surface area contributed by atoms with Gasteiger partial charge in [-0.3, -0.25) is 0 Å². The fraction of sp³-hybridized carbons (Fsp3) is 0.250. The molecular weight excluding hydrogens is 222 g/mol. The Labute approximate surface area is 108 Å². The molecular formula is C16H17NO. The first-order valence-corrected chi connectivity index (χ1v) is 6.33. The van der Waals surface area contributed by atoms with E-state index in [0.717, 1.165) is 18.7 Å². The SMILES string of the molecule is COc1ccccc1C1CNc2ccccc2C1. The van der Waals surface area contributed by atoms with Crippen molar-refractivity contribution in [1.82, 2.24) is 0 Å². The van der Waals surface area contributed by atoms with Gasteiger partial charge in [-0.05, 0) is 29.7 Å². The number of rotatable bonds is 2. The van der Waals surface area contributed by atoms with E-state index in [1.165, 1.54) is 16.8 Å². The predicted molar refractivity (Wildman–Crippen MR) is 74.4 cm³/mol. The van der Waals surface area contributed by atoms with Crippen LogP contribution in [0.25, 0.3) is 0 Å². The van der Waals surface area contributed by atoms with Crippen molar-refractivity contribution in [3.8, 4) is 5.75 Å². The van der Waals surface area contributed by atoms with Crippen LogP contribution in [0.3, 0.4) is 0 Å². The van der Waals surface area contributed by atoms with Crippen molar-refractivity contribution in [2.75, 3.05) is 19.0 Å². The number of methoxy groups -OCH3 is 1. The number of ether oxygens (including phenoxy) is 1. The molecule has 1 N–H and O–H groups in total. The molecule has 0 aromatic heterocycles. The summed E-state index contributed by atoms with van der Waals surface area (Å²) in [4.78, 5) is 0. The average Bonchev–Trinajstić information content (AvgIpc) is 2.46. The Morgan fingerprint density at radius 3 is 2.72 bits per heavy atom. The normalized spacial score (nSPS) is 17.7. The Morgan fingerprint density at radius 1 is 1.06 bits per heavy atom. The number of anilines is 1. The number of benzene rings is 2. The molecule has 0 aliphatic carbocycles. The molecule has 2 nitrogen and oxygen atoms in total. The van der Waals surface area contributed by atoms with Crippen LogP contribution < -0.4 is 10.1 Å². The minimum Gasteiger partial charge on any atom is -0.496 e. The second-order valence-electron chi connectivity index (χ2n) is 4.68. The third-order valence-corrected chi connectivity index (χ3v) is 3.60. The predicted octanol–water partition coefficient (Wildman–Crippen LogP) is 3.45. The van der Waals surface area contributed by atoms with Gasteiger partial charge in [0.05, 0.1) is 7.11 Å². The molecule has 0 spiro atoms. The van der Waals surface area contributed by atoms with Gasteiger partial charge in [-0.2, -0.15) is 0 Å². The second kappa shape index (κ2) is 4.73. The molecule has 1 heterocycles. The van der Waals surface area contributed by atoms with E-state index in [1.54, 1.807) is 7.11 Å². The Kier molecular flexibility index (Phi) is 2.93. The Balaban J connectivity index is 1.92. The van der Waals surface area contributed by atoms with Gasteiger partial charge in [-0.25, -0.2) is 0 Å². The fourth-order valence-corrected chi connectivity index (χ4v) is 2.67. The van der Waals surface area contributed by atoms with Gasteiger partial charge < -0.3 is 10.1 Å². The summed E-state index contributed by atoms with van der Waals surface area (Å²) in [5, 5.41) is 3.51. The summed E-state index contributed by atoms with van der Waals surface area (Å²) in [6, 6.07) is 16.8. The van der Waals surface area contributed by atoms with E-state index in [0.29, 0.717) is 5.92 Å². The maximum Gasteiger partial charge on any atom is 0.122 e. The van der Waals surface area contributed by atoms with Gasteiger partial charge in [0.2, 0.25) is 0 Å². The van der Waals surface area contributed by atoms with E-state index in [4.69, 9.17) is 4.74 Å². The molecule has 0 saturated carbocycles. The first-order chi connectivity index (χ1) is 8.88. The average molecular weight is 239 g/mol. The number of nitrogens with one attached hydrogen (secondary N) is 1. The lowest BCUT2D eigenvalue weighted by Gasteiger charge is -2.27. The maximum atomic E-state index is 5.46. The van der Waals surface area contributed by atoms with Crippen LogP contribution in [0.2, 0.25) is 0 Å². The number of hydrogen-bond acceptors (Lipinski definition) is 2. The Morgan fingerprint density at radius 2 is 1.83 bits per heavy atom. The van der Waals surface area contributed by atoms with E-state index in [2.05, 4.69) is 41.7 Å². The molecule has 2 aromatic carbocycles. The van der Waals surface area contributed by atoms with Crippen LogP contribution >= 0.6 is 0 Å². The van der Waals surface area contributed by atoms with Gasteiger partial charge >= 0.3 is 0 Å². The van der Waals surface area contributed by atoms with Crippen molar-refractivity contribution < 1.29 is 4.74 Å². The summed E-state index contributed by atoms with van der Waals surface area (Å²) in [6.45, 7) is 0.970. The fourth-order valence-electron chi connectivity index (χ4n) is 2.67. The molecule has 1 atom stereocenters. The monoisotopic (exact) mass is 239 g/mol. The molecule has 0 amide bonds. The van der Waals surface area contributed by atoms with Crippen molar-refractivity contribution in [3.05, 3.63) is 59.7 Å². The van der Waals surface area contributed by atoms with E-state index in [-0.39, 0.29) is 0 Å². The highest BCUT2D eigenvalue weighted by Crippen LogP contribution is 2.34. The molecule has 1 aliphatic rings. The van der Waals surface area contributed by atoms with Gasteiger partial charge in [0.1, 0.15) is 5.75 Å². The lowest BCUT2D eigenvalue weighted by Crippen LogP contribution is -2.21. The first kappa shape index (κ1) is 11.1. The van der Waals surface area contributed by atoms with Crippen LogP contribution in [0.1, 0.15) is 17.0 Å². The van der Waals surface area contributed by atoms with Crippen molar-refractivity contribution >= 4 is 5.69 Å². The number of hydrogen-bond donors (Lipinski definition) is 1. The van der Waals surface area contributed by atoms with Crippen LogP contribution in [0.15, 0.2) is 48.5 Å². The third kappa shape index (κ3) is 1.94. The summed E-state index contributed by atoms with van der Waals surface area (Å²) in [5.41, 5.74) is 3.95. The highest BCUT2D eigenvalue weighted by Gasteiger charge is 2.21. The van der Waals surface area contributed by atoms with Crippen molar-refractivity contribution in [1.29, 1.82) is 0 Å². The smallest absolute Gasteiger partial charge is 0.122 e. The van der Waals surface area contributed by atoms with Crippen LogP contribution in [0, 0.1) is 0 Å². The molecule has 0 saturated heterocycles. The summed E-state index contributed by atoms with van der Waals surface area (Å²) in [7, 11) is 1.74. The van der Waals surface area contributed by atoms with Gasteiger partial charge in [-0.15, -0.1) is 0 Å². The second-order valence-corrected chi connectivity index (χ2v) is 4.68. The molecule has 2 aromatic rings. The Bertz CT molecular complexity index is 550. The minimum atomic E-state index is 0.482. The zero-order chi connectivity index (χ0) is 12.4. The lowest BCUT2D eigenvalue weighted by molar-refractivity contribution is 0.405. The Hall–Kier alpha value is -1.96. The van der Waals surface area contributed by atoms with Gasteiger partial charge in [-0.1, -0.05) is 36.4 Å². The zero-order valence-electron chi connectivity index (χ0n) is 10.5. The largest absolute Gasteiger partial charge is 0.496 e. The van der Waals surface area contributed by atoms with Crippen LogP contribution in [-0.4, -0.2) is 13.7 Å². The van der Waals surface area contributed by atoms with Crippen LogP contribution in [0.5, 0.6) is 5.75 Å². The topological polar surface area (TPSA) is 21.3 Å². The van der Waals surface area contributed by atoms with E-state index in [1.807, 2.05) is 12.1 Å². The van der Waals surface area contributed by atoms with Gasteiger partial charge in [0.15, 0.2) is 0 Å². The molecule has 92 valence electrons. The summed E-state index contributed by atoms with van der Waals surface area (Å²) in [5.74, 6) is 1.47. The number of para-hydroxylation sites is 2. The zero-order valence-corrected chi connectivity index (χ0v) is 10.5. The molecule has 18 heavy (non-hydrogen) atoms. The summed E-state index contributed by atoms with van der Waals surface area (Å²) in [6.07, 6.45) is 1.07. The molecule has 1 aliphatic heterocycles. The molecule has 3 rings (SSSR count). The number of fused-ring (bicyclic) bond motifs is 1. The van der Waals surface area contributed by atoms with Crippen molar-refractivity contribution in [3.63, 3.8) is 0 Å². The van der Waals surface area contributed by atoms with E-state index >= 15 is 0 Å². The van der Waals surface area contributed by atoms with Crippen LogP contribution in [-0.2, 0) is 6.42 Å². The molecule has 0 bridgehead atoms. The lowest BCUT2D eigenvalue weighted by atomic mass is 9.88. The first-order valence-electron chi connectivity index (χ1n) is 6.33. The van der Waals surface area contributed by atoms with Gasteiger partial charge in [0.25, 0.3) is 0 Å². The van der Waals surface area contributed by atoms with E-state index in [9.17, 15) is 0 Å².